The maximum Gasteiger partial charge on any atom is 0.236 e. The highest BCUT2D eigenvalue weighted by molar-refractivity contribution is 7.99. The Kier molecular flexibility index (Phi) is 7.10. The summed E-state index contributed by atoms with van der Waals surface area (Å²) in [5.74, 6) is 2.48. The summed E-state index contributed by atoms with van der Waals surface area (Å²) >= 11 is 2.74. The van der Waals surface area contributed by atoms with Gasteiger partial charge in [-0.15, -0.1) is 21.5 Å². The number of nitrogens with one attached hydrogen (secondary N) is 1. The van der Waals surface area contributed by atoms with Crippen molar-refractivity contribution in [3.05, 3.63) is 29.8 Å². The number of rotatable bonds is 9. The highest BCUT2D eigenvalue weighted by Crippen LogP contribution is 2.33. The number of thiazole rings is 1. The van der Waals surface area contributed by atoms with E-state index in [1.54, 1.807) is 20.4 Å². The van der Waals surface area contributed by atoms with E-state index in [2.05, 4.69) is 34.3 Å². The highest BCUT2D eigenvalue weighted by atomic mass is 32.2. The van der Waals surface area contributed by atoms with Crippen LogP contribution in [0.4, 0.5) is 5.13 Å². The first-order chi connectivity index (χ1) is 14.0. The van der Waals surface area contributed by atoms with Crippen LogP contribution in [0.1, 0.15) is 13.8 Å². The summed E-state index contributed by atoms with van der Waals surface area (Å²) in [4.78, 5) is 16.3. The number of thioether (sulfide) groups is 1. The maximum atomic E-state index is 12.2. The van der Waals surface area contributed by atoms with Gasteiger partial charge in [0.05, 0.1) is 20.0 Å². The van der Waals surface area contributed by atoms with Crippen molar-refractivity contribution in [2.24, 2.45) is 5.92 Å². The molecule has 0 saturated heterocycles. The Labute approximate surface area is 177 Å². The predicted octanol–water partition coefficient (Wildman–Crippen LogP) is 3.81. The van der Waals surface area contributed by atoms with E-state index in [-0.39, 0.29) is 11.7 Å². The van der Waals surface area contributed by atoms with Crippen molar-refractivity contribution >= 4 is 34.1 Å². The van der Waals surface area contributed by atoms with Crippen LogP contribution in [0, 0.1) is 5.92 Å². The van der Waals surface area contributed by atoms with Crippen molar-refractivity contribution in [2.75, 3.05) is 25.3 Å². The van der Waals surface area contributed by atoms with Gasteiger partial charge in [0.1, 0.15) is 0 Å². The Morgan fingerprint density at radius 1 is 1.24 bits per heavy atom. The van der Waals surface area contributed by atoms with E-state index in [0.717, 1.165) is 17.9 Å². The molecule has 0 fully saturated rings. The number of carbonyl (C=O) groups excluding carboxylic acids is 1. The van der Waals surface area contributed by atoms with Crippen LogP contribution in [0.15, 0.2) is 34.9 Å². The van der Waals surface area contributed by atoms with Gasteiger partial charge in [0.15, 0.2) is 27.6 Å². The summed E-state index contributed by atoms with van der Waals surface area (Å²) in [6, 6.07) is 5.64. The lowest BCUT2D eigenvalue weighted by Gasteiger charge is -2.14. The number of anilines is 1. The van der Waals surface area contributed by atoms with E-state index in [1.807, 2.05) is 28.1 Å². The molecule has 0 radical (unpaired) electrons. The van der Waals surface area contributed by atoms with Crippen molar-refractivity contribution < 1.29 is 14.3 Å². The average molecular weight is 434 g/mol. The van der Waals surface area contributed by atoms with Crippen molar-refractivity contribution in [3.8, 4) is 22.9 Å². The summed E-state index contributed by atoms with van der Waals surface area (Å²) in [5, 5.41) is 14.6. The van der Waals surface area contributed by atoms with E-state index < -0.39 is 0 Å². The van der Waals surface area contributed by atoms with E-state index in [1.165, 1.54) is 23.1 Å². The minimum Gasteiger partial charge on any atom is -0.493 e. The van der Waals surface area contributed by atoms with Crippen LogP contribution in [0.3, 0.4) is 0 Å². The molecule has 0 aliphatic carbocycles. The van der Waals surface area contributed by atoms with Gasteiger partial charge in [0.2, 0.25) is 5.91 Å². The van der Waals surface area contributed by atoms with Gasteiger partial charge in [-0.3, -0.25) is 4.79 Å². The van der Waals surface area contributed by atoms with Crippen LogP contribution in [-0.2, 0) is 11.3 Å². The first-order valence-electron chi connectivity index (χ1n) is 8.99. The highest BCUT2D eigenvalue weighted by Gasteiger charge is 2.18. The second-order valence-corrected chi connectivity index (χ2v) is 8.39. The molecule has 0 atom stereocenters. The summed E-state index contributed by atoms with van der Waals surface area (Å²) in [6.07, 6.45) is 1.65. The van der Waals surface area contributed by atoms with Crippen molar-refractivity contribution in [1.29, 1.82) is 0 Å². The van der Waals surface area contributed by atoms with E-state index in [4.69, 9.17) is 9.47 Å². The van der Waals surface area contributed by atoms with Gasteiger partial charge < -0.3 is 19.4 Å². The lowest BCUT2D eigenvalue weighted by Crippen LogP contribution is -2.15. The van der Waals surface area contributed by atoms with Crippen molar-refractivity contribution in [2.45, 2.75) is 25.5 Å². The SMILES string of the molecule is COc1ccc(-c2nnc(SCC(=O)Nc3nccs3)n2CC(C)C)cc1OC. The van der Waals surface area contributed by atoms with E-state index in [9.17, 15) is 4.79 Å². The van der Waals surface area contributed by atoms with E-state index in [0.29, 0.717) is 27.7 Å². The minimum atomic E-state index is -0.128. The Morgan fingerprint density at radius 3 is 2.69 bits per heavy atom. The topological polar surface area (TPSA) is 91.2 Å². The minimum absolute atomic E-state index is 0.128. The quantitative estimate of drug-likeness (QED) is 0.513. The second kappa shape index (κ2) is 9.75. The number of benzene rings is 1. The third-order valence-electron chi connectivity index (χ3n) is 3.92. The normalized spacial score (nSPS) is 10.9. The summed E-state index contributed by atoms with van der Waals surface area (Å²) in [7, 11) is 3.20. The molecule has 1 aromatic carbocycles. The molecule has 3 aromatic rings. The smallest absolute Gasteiger partial charge is 0.236 e. The molecule has 0 spiro atoms. The van der Waals surface area contributed by atoms with Crippen LogP contribution >= 0.6 is 23.1 Å². The molecule has 154 valence electrons. The number of hydrogen-bond donors (Lipinski definition) is 1. The predicted molar refractivity (Wildman–Crippen MR) is 115 cm³/mol. The number of hydrogen-bond acceptors (Lipinski definition) is 8. The van der Waals surface area contributed by atoms with Gasteiger partial charge in [-0.05, 0) is 24.1 Å². The monoisotopic (exact) mass is 433 g/mol. The molecule has 0 bridgehead atoms. The molecule has 0 saturated carbocycles. The lowest BCUT2D eigenvalue weighted by molar-refractivity contribution is -0.113. The molecule has 2 heterocycles. The summed E-state index contributed by atoms with van der Waals surface area (Å²) < 4.78 is 12.8. The zero-order valence-electron chi connectivity index (χ0n) is 16.7. The molecule has 10 heteroatoms. The number of amides is 1. The fraction of sp³-hybridized carbons (Fsp3) is 0.368. The Morgan fingerprint density at radius 2 is 2.03 bits per heavy atom. The number of ether oxygens (including phenoxy) is 2. The molecule has 8 nitrogen and oxygen atoms in total. The first kappa shape index (κ1) is 21.1. The van der Waals surface area contributed by atoms with Crippen molar-refractivity contribution in [3.63, 3.8) is 0 Å². The van der Waals surface area contributed by atoms with Gasteiger partial charge in [0.25, 0.3) is 0 Å². The standard InChI is InChI=1S/C19H23N5O3S2/c1-12(2)10-24-17(13-5-6-14(26-3)15(9-13)27-4)22-23-19(24)29-11-16(25)21-18-20-7-8-28-18/h5-9,12H,10-11H2,1-4H3,(H,20,21,25). The van der Waals surface area contributed by atoms with Gasteiger partial charge in [-0.25, -0.2) is 4.98 Å². The first-order valence-corrected chi connectivity index (χ1v) is 10.9. The van der Waals surface area contributed by atoms with Gasteiger partial charge in [-0.2, -0.15) is 0 Å². The number of carbonyl (C=O) groups is 1. The Hall–Kier alpha value is -2.59. The average Bonchev–Trinajstić information content (AvgIpc) is 3.35. The van der Waals surface area contributed by atoms with Gasteiger partial charge in [-0.1, -0.05) is 25.6 Å². The summed E-state index contributed by atoms with van der Waals surface area (Å²) in [6.45, 7) is 4.98. The second-order valence-electron chi connectivity index (χ2n) is 6.55. The van der Waals surface area contributed by atoms with Crippen LogP contribution in [-0.4, -0.2) is 45.6 Å². The molecule has 29 heavy (non-hydrogen) atoms. The molecule has 2 aromatic heterocycles. The molecule has 0 aliphatic rings. The van der Waals surface area contributed by atoms with Crippen LogP contribution in [0.2, 0.25) is 0 Å². The molecule has 1 amide bonds. The molecular weight excluding hydrogens is 410 g/mol. The van der Waals surface area contributed by atoms with Gasteiger partial charge in [0, 0.05) is 23.7 Å². The van der Waals surface area contributed by atoms with Crippen LogP contribution in [0.5, 0.6) is 11.5 Å². The van der Waals surface area contributed by atoms with Crippen LogP contribution < -0.4 is 14.8 Å². The van der Waals surface area contributed by atoms with E-state index >= 15 is 0 Å². The third-order valence-corrected chi connectivity index (χ3v) is 5.57. The Balaban J connectivity index is 1.82. The molecule has 0 unspecified atom stereocenters. The number of methoxy groups -OCH3 is 2. The van der Waals surface area contributed by atoms with Crippen LogP contribution in [0.25, 0.3) is 11.4 Å². The summed E-state index contributed by atoms with van der Waals surface area (Å²) in [5.41, 5.74) is 0.870. The number of nitrogens with zero attached hydrogens (tertiary/aromatic N) is 4. The maximum absolute atomic E-state index is 12.2. The molecule has 3 rings (SSSR count). The fourth-order valence-corrected chi connectivity index (χ4v) is 3.98. The zero-order valence-corrected chi connectivity index (χ0v) is 18.3. The lowest BCUT2D eigenvalue weighted by atomic mass is 10.1. The zero-order chi connectivity index (χ0) is 20.8. The molecule has 1 N–H and O–H groups in total. The molecule has 0 aliphatic heterocycles. The number of aromatic nitrogens is 4. The third kappa shape index (κ3) is 5.27. The Bertz CT molecular complexity index is 957. The van der Waals surface area contributed by atoms with Gasteiger partial charge >= 0.3 is 0 Å². The fourth-order valence-electron chi connectivity index (χ4n) is 2.68. The molecular formula is C19H23N5O3S2. The van der Waals surface area contributed by atoms with Crippen molar-refractivity contribution in [1.82, 2.24) is 19.7 Å². The largest absolute Gasteiger partial charge is 0.493 e.